The van der Waals surface area contributed by atoms with Crippen molar-refractivity contribution >= 4 is 5.97 Å². The molecular weight excluding hydrogens is 214 g/mol. The standard InChI is InChI=1S/C14H23NO2/c1-14(2,3)13(16)17-12-5-4-8-15(10-12)9-11-6-7-11/h4-5,11-12H,6-10H2,1-3H3/t12-/m1/s1. The Bertz CT molecular complexity index is 313. The number of nitrogens with zero attached hydrogens (tertiary/aromatic N) is 1. The van der Waals surface area contributed by atoms with Gasteiger partial charge in [0.1, 0.15) is 6.10 Å². The van der Waals surface area contributed by atoms with Crippen LogP contribution in [0.1, 0.15) is 33.6 Å². The second-order valence-corrected chi connectivity index (χ2v) is 6.28. The minimum atomic E-state index is -0.410. The van der Waals surface area contributed by atoms with Gasteiger partial charge >= 0.3 is 5.97 Å². The number of hydrogen-bond donors (Lipinski definition) is 0. The topological polar surface area (TPSA) is 29.5 Å². The van der Waals surface area contributed by atoms with Gasteiger partial charge in [0.05, 0.1) is 5.41 Å². The lowest BCUT2D eigenvalue weighted by Gasteiger charge is -2.30. The predicted molar refractivity (Wildman–Crippen MR) is 67.6 cm³/mol. The first-order chi connectivity index (χ1) is 7.95. The van der Waals surface area contributed by atoms with E-state index >= 15 is 0 Å². The van der Waals surface area contributed by atoms with Gasteiger partial charge in [0.25, 0.3) is 0 Å². The van der Waals surface area contributed by atoms with Crippen LogP contribution < -0.4 is 0 Å². The van der Waals surface area contributed by atoms with Crippen LogP contribution in [0.5, 0.6) is 0 Å². The molecule has 96 valence electrons. The highest BCUT2D eigenvalue weighted by molar-refractivity contribution is 5.75. The average molecular weight is 237 g/mol. The van der Waals surface area contributed by atoms with Crippen LogP contribution in [-0.4, -0.2) is 36.6 Å². The van der Waals surface area contributed by atoms with Crippen molar-refractivity contribution < 1.29 is 9.53 Å². The van der Waals surface area contributed by atoms with Crippen molar-refractivity contribution in [1.29, 1.82) is 0 Å². The summed E-state index contributed by atoms with van der Waals surface area (Å²) in [4.78, 5) is 14.2. The summed E-state index contributed by atoms with van der Waals surface area (Å²) < 4.78 is 5.52. The number of carbonyl (C=O) groups is 1. The van der Waals surface area contributed by atoms with Gasteiger partial charge in [-0.3, -0.25) is 9.69 Å². The SMILES string of the molecule is CC(C)(C)C(=O)O[C@@H]1C=CCN(CC2CC2)C1. The maximum atomic E-state index is 11.8. The van der Waals surface area contributed by atoms with Gasteiger partial charge in [-0.1, -0.05) is 6.08 Å². The third kappa shape index (κ3) is 3.84. The number of hydrogen-bond acceptors (Lipinski definition) is 3. The molecule has 1 aliphatic carbocycles. The highest BCUT2D eigenvalue weighted by atomic mass is 16.5. The van der Waals surface area contributed by atoms with E-state index in [9.17, 15) is 4.79 Å². The monoisotopic (exact) mass is 237 g/mol. The van der Waals surface area contributed by atoms with Gasteiger partial charge in [0.2, 0.25) is 0 Å². The van der Waals surface area contributed by atoms with Crippen molar-refractivity contribution in [2.45, 2.75) is 39.7 Å². The summed E-state index contributed by atoms with van der Waals surface area (Å²) >= 11 is 0. The van der Waals surface area contributed by atoms with Gasteiger partial charge in [-0.15, -0.1) is 0 Å². The van der Waals surface area contributed by atoms with Crippen LogP contribution in [0.15, 0.2) is 12.2 Å². The van der Waals surface area contributed by atoms with Gasteiger partial charge in [-0.05, 0) is 45.6 Å². The number of carbonyl (C=O) groups excluding carboxylic acids is 1. The molecule has 2 aliphatic rings. The molecular formula is C14H23NO2. The van der Waals surface area contributed by atoms with E-state index in [2.05, 4.69) is 11.0 Å². The second kappa shape index (κ2) is 4.81. The Hall–Kier alpha value is -0.830. The number of ether oxygens (including phenoxy) is 1. The molecule has 1 atom stereocenters. The maximum absolute atomic E-state index is 11.8. The summed E-state index contributed by atoms with van der Waals surface area (Å²) in [5.74, 6) is 0.779. The minimum absolute atomic E-state index is 0.0609. The van der Waals surface area contributed by atoms with Gasteiger partial charge < -0.3 is 4.74 Å². The van der Waals surface area contributed by atoms with Gasteiger partial charge in [-0.2, -0.15) is 0 Å². The summed E-state index contributed by atoms with van der Waals surface area (Å²) in [6, 6.07) is 0. The Labute approximate surface area is 104 Å². The van der Waals surface area contributed by atoms with E-state index < -0.39 is 5.41 Å². The van der Waals surface area contributed by atoms with E-state index in [0.717, 1.165) is 25.6 Å². The lowest BCUT2D eigenvalue weighted by atomic mass is 9.97. The van der Waals surface area contributed by atoms with E-state index in [4.69, 9.17) is 4.74 Å². The van der Waals surface area contributed by atoms with Crippen LogP contribution in [0.4, 0.5) is 0 Å². The first-order valence-electron chi connectivity index (χ1n) is 6.55. The van der Waals surface area contributed by atoms with Crippen molar-refractivity contribution in [3.63, 3.8) is 0 Å². The molecule has 3 heteroatoms. The molecule has 1 heterocycles. The van der Waals surface area contributed by atoms with Crippen molar-refractivity contribution in [2.24, 2.45) is 11.3 Å². The summed E-state index contributed by atoms with van der Waals surface area (Å²) in [5.41, 5.74) is -0.410. The molecule has 0 aromatic carbocycles. The van der Waals surface area contributed by atoms with E-state index in [1.54, 1.807) is 0 Å². The lowest BCUT2D eigenvalue weighted by Crippen LogP contribution is -2.40. The summed E-state index contributed by atoms with van der Waals surface area (Å²) in [5, 5.41) is 0. The predicted octanol–water partition coefficient (Wildman–Crippen LogP) is 2.23. The molecule has 1 saturated carbocycles. The third-order valence-electron chi connectivity index (χ3n) is 3.24. The molecule has 0 aromatic rings. The van der Waals surface area contributed by atoms with Crippen molar-refractivity contribution in [3.05, 3.63) is 12.2 Å². The highest BCUT2D eigenvalue weighted by Gasteiger charge is 2.29. The fraction of sp³-hybridized carbons (Fsp3) is 0.786. The van der Waals surface area contributed by atoms with E-state index in [0.29, 0.717) is 0 Å². The molecule has 0 aromatic heterocycles. The Balaban J connectivity index is 1.82. The van der Waals surface area contributed by atoms with E-state index in [1.807, 2.05) is 26.8 Å². The van der Waals surface area contributed by atoms with Crippen LogP contribution in [0.25, 0.3) is 0 Å². The quantitative estimate of drug-likeness (QED) is 0.557. The molecule has 1 fully saturated rings. The zero-order valence-electron chi connectivity index (χ0n) is 11.1. The van der Waals surface area contributed by atoms with Crippen molar-refractivity contribution in [1.82, 2.24) is 4.90 Å². The molecule has 0 bridgehead atoms. The zero-order chi connectivity index (χ0) is 12.5. The fourth-order valence-corrected chi connectivity index (χ4v) is 1.96. The summed E-state index contributed by atoms with van der Waals surface area (Å²) in [6.07, 6.45) is 6.81. The molecule has 0 saturated heterocycles. The Morgan fingerprint density at radius 1 is 1.41 bits per heavy atom. The van der Waals surface area contributed by atoms with Crippen LogP contribution in [0.3, 0.4) is 0 Å². The average Bonchev–Trinajstić information content (AvgIpc) is 3.00. The molecule has 2 rings (SSSR count). The molecule has 0 amide bonds. The first kappa shape index (κ1) is 12.6. The van der Waals surface area contributed by atoms with Gasteiger partial charge in [0.15, 0.2) is 0 Å². The van der Waals surface area contributed by atoms with Crippen molar-refractivity contribution in [3.8, 4) is 0 Å². The highest BCUT2D eigenvalue weighted by Crippen LogP contribution is 2.30. The van der Waals surface area contributed by atoms with E-state index in [-0.39, 0.29) is 12.1 Å². The minimum Gasteiger partial charge on any atom is -0.456 e. The van der Waals surface area contributed by atoms with Crippen LogP contribution in [-0.2, 0) is 9.53 Å². The Morgan fingerprint density at radius 3 is 2.71 bits per heavy atom. The van der Waals surface area contributed by atoms with Gasteiger partial charge in [-0.25, -0.2) is 0 Å². The van der Waals surface area contributed by atoms with Crippen LogP contribution in [0.2, 0.25) is 0 Å². The largest absolute Gasteiger partial charge is 0.456 e. The Morgan fingerprint density at radius 2 is 2.12 bits per heavy atom. The van der Waals surface area contributed by atoms with E-state index in [1.165, 1.54) is 12.8 Å². The van der Waals surface area contributed by atoms with Gasteiger partial charge in [0, 0.05) is 19.6 Å². The molecule has 0 spiro atoms. The smallest absolute Gasteiger partial charge is 0.311 e. The Kier molecular flexibility index (Phi) is 3.57. The molecule has 0 radical (unpaired) electrons. The summed E-state index contributed by atoms with van der Waals surface area (Å²) in [6.45, 7) is 8.69. The number of rotatable bonds is 3. The third-order valence-corrected chi connectivity index (χ3v) is 3.24. The maximum Gasteiger partial charge on any atom is 0.311 e. The molecule has 3 nitrogen and oxygen atoms in total. The normalized spacial score (nSPS) is 25.9. The second-order valence-electron chi connectivity index (χ2n) is 6.28. The molecule has 0 N–H and O–H groups in total. The summed E-state index contributed by atoms with van der Waals surface area (Å²) in [7, 11) is 0. The molecule has 1 aliphatic heterocycles. The van der Waals surface area contributed by atoms with Crippen LogP contribution in [0, 0.1) is 11.3 Å². The zero-order valence-corrected chi connectivity index (χ0v) is 11.1. The van der Waals surface area contributed by atoms with Crippen LogP contribution >= 0.6 is 0 Å². The fourth-order valence-electron chi connectivity index (χ4n) is 1.96. The molecule has 0 unspecified atom stereocenters. The molecule has 17 heavy (non-hydrogen) atoms. The lowest BCUT2D eigenvalue weighted by molar-refractivity contribution is -0.157. The van der Waals surface area contributed by atoms with Crippen molar-refractivity contribution in [2.75, 3.05) is 19.6 Å². The first-order valence-corrected chi connectivity index (χ1v) is 6.55. The number of esters is 1.